The van der Waals surface area contributed by atoms with E-state index in [4.69, 9.17) is 4.74 Å². The van der Waals surface area contributed by atoms with Crippen molar-refractivity contribution in [2.45, 2.75) is 20.8 Å². The van der Waals surface area contributed by atoms with E-state index in [-0.39, 0.29) is 0 Å². The third kappa shape index (κ3) is 1.35. The zero-order valence-electron chi connectivity index (χ0n) is 9.13. The van der Waals surface area contributed by atoms with Gasteiger partial charge in [-0.25, -0.2) is 0 Å². The van der Waals surface area contributed by atoms with Crippen LogP contribution in [0, 0.1) is 13.8 Å². The normalized spacial score (nSPS) is 14.9. The molecule has 0 fully saturated rings. The van der Waals surface area contributed by atoms with Crippen LogP contribution in [0.3, 0.4) is 0 Å². The van der Waals surface area contributed by atoms with Gasteiger partial charge in [0.1, 0.15) is 12.4 Å². The predicted molar refractivity (Wildman–Crippen MR) is 59.3 cm³/mol. The van der Waals surface area contributed by atoms with Gasteiger partial charge in [0.2, 0.25) is 0 Å². The summed E-state index contributed by atoms with van der Waals surface area (Å²) in [4.78, 5) is 2.39. The Morgan fingerprint density at radius 2 is 2.14 bits per heavy atom. The van der Waals surface area contributed by atoms with E-state index in [2.05, 4.69) is 37.8 Å². The number of benzene rings is 1. The monoisotopic (exact) mass is 191 g/mol. The van der Waals surface area contributed by atoms with Crippen molar-refractivity contribution in [1.82, 2.24) is 0 Å². The van der Waals surface area contributed by atoms with Crippen molar-refractivity contribution in [2.24, 2.45) is 0 Å². The van der Waals surface area contributed by atoms with Crippen LogP contribution in [0.1, 0.15) is 18.1 Å². The summed E-state index contributed by atoms with van der Waals surface area (Å²) < 4.78 is 5.65. The van der Waals surface area contributed by atoms with Crippen molar-refractivity contribution >= 4 is 5.69 Å². The Bertz CT molecular complexity index is 346. The molecule has 0 bridgehead atoms. The lowest BCUT2D eigenvalue weighted by Gasteiger charge is -2.32. The molecule has 0 unspecified atom stereocenters. The second-order valence-electron chi connectivity index (χ2n) is 3.78. The molecule has 14 heavy (non-hydrogen) atoms. The van der Waals surface area contributed by atoms with E-state index < -0.39 is 0 Å². The number of ether oxygens (including phenoxy) is 1. The number of nitrogens with zero attached hydrogens (tertiary/aromatic N) is 1. The Kier molecular flexibility index (Phi) is 2.36. The van der Waals surface area contributed by atoms with Crippen molar-refractivity contribution in [3.05, 3.63) is 23.3 Å². The predicted octanol–water partition coefficient (Wildman–Crippen LogP) is 2.52. The van der Waals surface area contributed by atoms with Gasteiger partial charge in [0, 0.05) is 6.54 Å². The van der Waals surface area contributed by atoms with Crippen LogP contribution in [-0.4, -0.2) is 19.7 Å². The highest BCUT2D eigenvalue weighted by Gasteiger charge is 2.19. The van der Waals surface area contributed by atoms with Gasteiger partial charge in [0.25, 0.3) is 0 Å². The minimum atomic E-state index is 0.809. The minimum absolute atomic E-state index is 0.809. The zero-order chi connectivity index (χ0) is 10.1. The fraction of sp³-hybridized carbons (Fsp3) is 0.500. The van der Waals surface area contributed by atoms with Crippen LogP contribution < -0.4 is 9.64 Å². The molecule has 76 valence electrons. The number of hydrogen-bond donors (Lipinski definition) is 0. The highest BCUT2D eigenvalue weighted by molar-refractivity contribution is 5.66. The molecule has 1 aromatic carbocycles. The topological polar surface area (TPSA) is 12.5 Å². The maximum absolute atomic E-state index is 5.65. The Labute approximate surface area is 85.5 Å². The first-order valence-corrected chi connectivity index (χ1v) is 5.22. The van der Waals surface area contributed by atoms with Gasteiger partial charge in [-0.3, -0.25) is 0 Å². The van der Waals surface area contributed by atoms with Gasteiger partial charge in [0.15, 0.2) is 0 Å². The highest BCUT2D eigenvalue weighted by atomic mass is 16.5. The number of hydrogen-bond acceptors (Lipinski definition) is 2. The first-order chi connectivity index (χ1) is 6.74. The quantitative estimate of drug-likeness (QED) is 0.676. The third-order valence-electron chi connectivity index (χ3n) is 2.98. The molecular formula is C12H17NO. The smallest absolute Gasteiger partial charge is 0.142 e. The molecule has 1 heterocycles. The van der Waals surface area contributed by atoms with Crippen LogP contribution >= 0.6 is 0 Å². The van der Waals surface area contributed by atoms with Crippen LogP contribution in [0.2, 0.25) is 0 Å². The average Bonchev–Trinajstić information content (AvgIpc) is 2.23. The van der Waals surface area contributed by atoms with Crippen molar-refractivity contribution < 1.29 is 4.74 Å². The largest absolute Gasteiger partial charge is 0.490 e. The Morgan fingerprint density at radius 3 is 2.86 bits per heavy atom. The molecule has 0 saturated carbocycles. The first-order valence-electron chi connectivity index (χ1n) is 5.22. The minimum Gasteiger partial charge on any atom is -0.490 e. The maximum Gasteiger partial charge on any atom is 0.142 e. The lowest BCUT2D eigenvalue weighted by molar-refractivity contribution is 0.308. The number of anilines is 1. The first kappa shape index (κ1) is 9.38. The number of aryl methyl sites for hydroxylation is 1. The SMILES string of the molecule is CCN1CCOc2ccc(C)c(C)c21. The van der Waals surface area contributed by atoms with Crippen molar-refractivity contribution in [3.8, 4) is 5.75 Å². The molecule has 2 nitrogen and oxygen atoms in total. The number of fused-ring (bicyclic) bond motifs is 1. The Hall–Kier alpha value is -1.18. The van der Waals surface area contributed by atoms with Gasteiger partial charge < -0.3 is 9.64 Å². The van der Waals surface area contributed by atoms with Crippen LogP contribution in [0.25, 0.3) is 0 Å². The lowest BCUT2D eigenvalue weighted by atomic mass is 10.1. The second-order valence-corrected chi connectivity index (χ2v) is 3.78. The molecule has 1 aromatic rings. The van der Waals surface area contributed by atoms with Gasteiger partial charge in [0.05, 0.1) is 12.2 Å². The molecule has 1 aliphatic rings. The molecule has 0 N–H and O–H groups in total. The summed E-state index contributed by atoms with van der Waals surface area (Å²) in [5.41, 5.74) is 3.98. The van der Waals surface area contributed by atoms with Gasteiger partial charge in [-0.05, 0) is 38.0 Å². The Morgan fingerprint density at radius 1 is 1.36 bits per heavy atom. The molecule has 0 atom stereocenters. The molecule has 0 amide bonds. The molecule has 2 rings (SSSR count). The fourth-order valence-electron chi connectivity index (χ4n) is 1.98. The third-order valence-corrected chi connectivity index (χ3v) is 2.98. The Balaban J connectivity index is 2.53. The van der Waals surface area contributed by atoms with Gasteiger partial charge >= 0.3 is 0 Å². The summed E-state index contributed by atoms with van der Waals surface area (Å²) >= 11 is 0. The van der Waals surface area contributed by atoms with Crippen LogP contribution in [0.15, 0.2) is 12.1 Å². The summed E-state index contributed by atoms with van der Waals surface area (Å²) in [5.74, 6) is 1.04. The number of rotatable bonds is 1. The van der Waals surface area contributed by atoms with E-state index in [1.807, 2.05) is 0 Å². The van der Waals surface area contributed by atoms with Gasteiger partial charge in [-0.1, -0.05) is 6.07 Å². The van der Waals surface area contributed by atoms with Crippen LogP contribution in [-0.2, 0) is 0 Å². The van der Waals surface area contributed by atoms with Gasteiger partial charge in [-0.2, -0.15) is 0 Å². The van der Waals surface area contributed by atoms with E-state index in [1.165, 1.54) is 16.8 Å². The molecule has 0 aromatic heterocycles. The molecule has 0 saturated heterocycles. The summed E-state index contributed by atoms with van der Waals surface area (Å²) in [5, 5.41) is 0. The lowest BCUT2D eigenvalue weighted by Crippen LogP contribution is -2.33. The maximum atomic E-state index is 5.65. The van der Waals surface area contributed by atoms with Crippen molar-refractivity contribution in [3.63, 3.8) is 0 Å². The molecule has 0 aliphatic carbocycles. The van der Waals surface area contributed by atoms with Crippen LogP contribution in [0.4, 0.5) is 5.69 Å². The van der Waals surface area contributed by atoms with Crippen LogP contribution in [0.5, 0.6) is 5.75 Å². The summed E-state index contributed by atoms with van der Waals surface area (Å²) in [6.07, 6.45) is 0. The average molecular weight is 191 g/mol. The fourth-order valence-corrected chi connectivity index (χ4v) is 1.98. The summed E-state index contributed by atoms with van der Waals surface area (Å²) in [7, 11) is 0. The molecule has 0 spiro atoms. The molecular weight excluding hydrogens is 174 g/mol. The van der Waals surface area contributed by atoms with Crippen molar-refractivity contribution in [2.75, 3.05) is 24.6 Å². The molecule has 1 aliphatic heterocycles. The van der Waals surface area contributed by atoms with Gasteiger partial charge in [-0.15, -0.1) is 0 Å². The molecule has 2 heteroatoms. The van der Waals surface area contributed by atoms with E-state index in [0.29, 0.717) is 0 Å². The van der Waals surface area contributed by atoms with E-state index in [1.54, 1.807) is 0 Å². The van der Waals surface area contributed by atoms with E-state index >= 15 is 0 Å². The highest BCUT2D eigenvalue weighted by Crippen LogP contribution is 2.35. The second kappa shape index (κ2) is 3.52. The standard InChI is InChI=1S/C12H17NO/c1-4-13-7-8-14-11-6-5-9(2)10(3)12(11)13/h5-6H,4,7-8H2,1-3H3. The van der Waals surface area contributed by atoms with E-state index in [0.717, 1.165) is 25.4 Å². The van der Waals surface area contributed by atoms with E-state index in [9.17, 15) is 0 Å². The van der Waals surface area contributed by atoms with Crippen molar-refractivity contribution in [1.29, 1.82) is 0 Å². The summed E-state index contributed by atoms with van der Waals surface area (Å²) in [6.45, 7) is 9.39. The number of likely N-dealkylation sites (N-methyl/N-ethyl adjacent to an activating group) is 1. The molecule has 0 radical (unpaired) electrons. The zero-order valence-corrected chi connectivity index (χ0v) is 9.13. The summed E-state index contributed by atoms with van der Waals surface area (Å²) in [6, 6.07) is 4.22.